The predicted octanol–water partition coefficient (Wildman–Crippen LogP) is 4.55. The molecule has 4 aromatic rings. The third-order valence-corrected chi connectivity index (χ3v) is 8.01. The van der Waals surface area contributed by atoms with Crippen molar-refractivity contribution in [3.63, 3.8) is 0 Å². The van der Waals surface area contributed by atoms with E-state index in [1.165, 1.54) is 11.9 Å². The van der Waals surface area contributed by atoms with Gasteiger partial charge in [0.05, 0.1) is 28.8 Å². The van der Waals surface area contributed by atoms with Crippen LogP contribution in [0.1, 0.15) is 40.4 Å². The second-order valence-electron chi connectivity index (χ2n) is 10.1. The Balaban J connectivity index is 1.48. The fraction of sp³-hybridized carbons (Fsp3) is 0.357. The third-order valence-electron chi connectivity index (χ3n) is 7.15. The molecule has 14 heteroatoms. The van der Waals surface area contributed by atoms with E-state index in [0.717, 1.165) is 11.1 Å². The van der Waals surface area contributed by atoms with Gasteiger partial charge in [0.1, 0.15) is 16.0 Å². The number of benzene rings is 1. The van der Waals surface area contributed by atoms with Crippen LogP contribution in [0.15, 0.2) is 35.3 Å². The van der Waals surface area contributed by atoms with Crippen LogP contribution in [0.5, 0.6) is 0 Å². The van der Waals surface area contributed by atoms with Gasteiger partial charge in [-0.15, -0.1) is 0 Å². The Morgan fingerprint density at radius 1 is 1.05 bits per heavy atom. The summed E-state index contributed by atoms with van der Waals surface area (Å²) >= 11 is 13.7. The highest BCUT2D eigenvalue weighted by molar-refractivity contribution is 7.97. The molecule has 1 aliphatic heterocycles. The number of hydrogen-bond acceptors (Lipinski definition) is 10. The molecule has 5 rings (SSSR count). The molecule has 1 saturated heterocycles. The lowest BCUT2D eigenvalue weighted by molar-refractivity contribution is 0.0980. The summed E-state index contributed by atoms with van der Waals surface area (Å²) < 4.78 is 4.30. The molecule has 0 bridgehead atoms. The van der Waals surface area contributed by atoms with E-state index in [1.54, 1.807) is 36.2 Å². The van der Waals surface area contributed by atoms with Gasteiger partial charge in [0.2, 0.25) is 5.95 Å². The van der Waals surface area contributed by atoms with Gasteiger partial charge >= 0.3 is 0 Å². The number of aryl methyl sites for hydroxylation is 2. The summed E-state index contributed by atoms with van der Waals surface area (Å²) in [5.41, 5.74) is 2.94. The highest BCUT2D eigenvalue weighted by atomic mass is 35.5. The van der Waals surface area contributed by atoms with Crippen LogP contribution in [0.25, 0.3) is 10.9 Å². The number of halogens is 2. The molecule has 0 saturated carbocycles. The Morgan fingerprint density at radius 2 is 1.76 bits per heavy atom. The SMILES string of the molecule is CSNC(=O)c1nc(Cl)ccc1NC(C)c1cc(C)cc2c(=O)n(C)c(N3CCN(c4nc(C)ncc4Cl)CC3)nc12. The molecular weight excluding hydrogens is 597 g/mol. The number of fused-ring (bicyclic) bond motifs is 1. The zero-order chi connectivity index (χ0) is 30.1. The first-order valence-corrected chi connectivity index (χ1v) is 15.3. The Labute approximate surface area is 257 Å². The van der Waals surface area contributed by atoms with E-state index in [0.29, 0.717) is 65.4 Å². The summed E-state index contributed by atoms with van der Waals surface area (Å²) in [7, 11) is 1.75. The van der Waals surface area contributed by atoms with Crippen LogP contribution in [0.2, 0.25) is 10.2 Å². The molecule has 11 nitrogen and oxygen atoms in total. The van der Waals surface area contributed by atoms with E-state index in [4.69, 9.17) is 28.2 Å². The van der Waals surface area contributed by atoms with Crippen molar-refractivity contribution < 1.29 is 4.79 Å². The average molecular weight is 629 g/mol. The number of amides is 1. The smallest absolute Gasteiger partial charge is 0.281 e. The molecule has 0 aliphatic carbocycles. The maximum absolute atomic E-state index is 13.6. The topological polar surface area (TPSA) is 121 Å². The summed E-state index contributed by atoms with van der Waals surface area (Å²) in [6.45, 7) is 8.33. The van der Waals surface area contributed by atoms with Gasteiger partial charge in [0.15, 0.2) is 11.5 Å². The molecular formula is C28H31Cl2N9O2S. The fourth-order valence-corrected chi connectivity index (χ4v) is 5.75. The van der Waals surface area contributed by atoms with E-state index in [1.807, 2.05) is 32.9 Å². The molecule has 0 spiro atoms. The highest BCUT2D eigenvalue weighted by Gasteiger charge is 2.25. The van der Waals surface area contributed by atoms with E-state index in [-0.39, 0.29) is 28.4 Å². The number of carbonyl (C=O) groups is 1. The normalized spacial score (nSPS) is 14.3. The molecule has 0 radical (unpaired) electrons. The van der Waals surface area contributed by atoms with E-state index >= 15 is 0 Å². The van der Waals surface area contributed by atoms with Crippen molar-refractivity contribution in [2.45, 2.75) is 26.8 Å². The van der Waals surface area contributed by atoms with Crippen LogP contribution in [0.4, 0.5) is 17.5 Å². The van der Waals surface area contributed by atoms with Gasteiger partial charge in [-0.05, 0) is 44.5 Å². The Bertz CT molecular complexity index is 1720. The van der Waals surface area contributed by atoms with Crippen molar-refractivity contribution in [2.75, 3.05) is 47.6 Å². The van der Waals surface area contributed by atoms with Crippen LogP contribution in [-0.2, 0) is 7.05 Å². The lowest BCUT2D eigenvalue weighted by atomic mass is 10.0. The van der Waals surface area contributed by atoms with Crippen LogP contribution >= 0.6 is 35.1 Å². The Kier molecular flexibility index (Phi) is 8.76. The minimum absolute atomic E-state index is 0.128. The summed E-state index contributed by atoms with van der Waals surface area (Å²) in [6.07, 6.45) is 3.38. The second kappa shape index (κ2) is 12.3. The fourth-order valence-electron chi connectivity index (χ4n) is 5.11. The molecule has 42 heavy (non-hydrogen) atoms. The molecule has 1 amide bonds. The molecule has 3 aromatic heterocycles. The Hall–Kier alpha value is -3.61. The summed E-state index contributed by atoms with van der Waals surface area (Å²) in [4.78, 5) is 48.5. The summed E-state index contributed by atoms with van der Waals surface area (Å²) in [5.74, 6) is 1.60. The number of nitrogens with zero attached hydrogens (tertiary/aromatic N) is 7. The molecule has 1 atom stereocenters. The Morgan fingerprint density at radius 3 is 2.48 bits per heavy atom. The van der Waals surface area contributed by atoms with Crippen molar-refractivity contribution in [2.24, 2.45) is 7.05 Å². The van der Waals surface area contributed by atoms with Gasteiger partial charge in [0, 0.05) is 45.0 Å². The zero-order valence-electron chi connectivity index (χ0n) is 23.9. The monoisotopic (exact) mass is 627 g/mol. The molecule has 220 valence electrons. The van der Waals surface area contributed by atoms with Crippen LogP contribution in [0, 0.1) is 13.8 Å². The standard InChI is InChI=1S/C28H31Cl2N9O2S/c1-15-12-18(16(2)32-21-6-7-22(30)34-24(21)26(40)36-42-5)23-19(13-15)27(41)37(4)28(35-23)39-10-8-38(9-11-39)25-20(29)14-31-17(3)33-25/h6-7,12-14,16,32H,8-11H2,1-5H3,(H,36,40). The first-order chi connectivity index (χ1) is 20.1. The number of nitrogens with one attached hydrogen (secondary N) is 2. The first kappa shape index (κ1) is 29.9. The van der Waals surface area contributed by atoms with Crippen LogP contribution in [0.3, 0.4) is 0 Å². The van der Waals surface area contributed by atoms with Gasteiger partial charge in [0.25, 0.3) is 11.5 Å². The quantitative estimate of drug-likeness (QED) is 0.223. The lowest BCUT2D eigenvalue weighted by Crippen LogP contribution is -2.48. The van der Waals surface area contributed by atoms with E-state index in [2.05, 4.69) is 34.8 Å². The number of aromatic nitrogens is 5. The van der Waals surface area contributed by atoms with Gasteiger partial charge in [-0.1, -0.05) is 41.2 Å². The van der Waals surface area contributed by atoms with Crippen LogP contribution < -0.4 is 25.4 Å². The number of pyridine rings is 1. The average Bonchev–Trinajstić information content (AvgIpc) is 2.97. The zero-order valence-corrected chi connectivity index (χ0v) is 26.2. The van der Waals surface area contributed by atoms with Gasteiger partial charge in [-0.25, -0.2) is 19.9 Å². The number of hydrogen-bond donors (Lipinski definition) is 2. The number of rotatable bonds is 7. The van der Waals surface area contributed by atoms with Crippen molar-refractivity contribution in [3.8, 4) is 0 Å². The summed E-state index contributed by atoms with van der Waals surface area (Å²) in [6, 6.07) is 6.91. The summed E-state index contributed by atoms with van der Waals surface area (Å²) in [5, 5.41) is 4.65. The largest absolute Gasteiger partial charge is 0.377 e. The number of carbonyl (C=O) groups excluding carboxylic acids is 1. The number of anilines is 3. The van der Waals surface area contributed by atoms with Gasteiger partial charge < -0.3 is 15.1 Å². The van der Waals surface area contributed by atoms with Crippen molar-refractivity contribution >= 4 is 69.4 Å². The van der Waals surface area contributed by atoms with E-state index in [9.17, 15) is 9.59 Å². The minimum Gasteiger partial charge on any atom is -0.377 e. The molecule has 4 heterocycles. The van der Waals surface area contributed by atoms with Gasteiger partial charge in [-0.2, -0.15) is 0 Å². The van der Waals surface area contributed by atoms with Crippen LogP contribution in [-0.4, -0.2) is 62.8 Å². The van der Waals surface area contributed by atoms with Crippen molar-refractivity contribution in [3.05, 3.63) is 73.6 Å². The van der Waals surface area contributed by atoms with Crippen molar-refractivity contribution in [1.82, 2.24) is 29.2 Å². The van der Waals surface area contributed by atoms with Crippen molar-refractivity contribution in [1.29, 1.82) is 0 Å². The first-order valence-electron chi connectivity index (χ1n) is 13.3. The second-order valence-corrected chi connectivity index (χ2v) is 11.5. The maximum atomic E-state index is 13.6. The molecule has 1 aromatic carbocycles. The number of piperazine rings is 1. The molecule has 1 fully saturated rings. The van der Waals surface area contributed by atoms with Gasteiger partial charge in [-0.3, -0.25) is 18.9 Å². The van der Waals surface area contributed by atoms with E-state index < -0.39 is 0 Å². The molecule has 1 unspecified atom stereocenters. The minimum atomic E-state index is -0.361. The molecule has 2 N–H and O–H groups in total. The maximum Gasteiger partial charge on any atom is 0.281 e. The lowest BCUT2D eigenvalue weighted by Gasteiger charge is -2.36. The highest BCUT2D eigenvalue weighted by Crippen LogP contribution is 2.30. The predicted molar refractivity (Wildman–Crippen MR) is 170 cm³/mol. The molecule has 1 aliphatic rings. The third kappa shape index (κ3) is 5.97.